The predicted molar refractivity (Wildman–Crippen MR) is 79.0 cm³/mol. The molecule has 0 aliphatic carbocycles. The van der Waals surface area contributed by atoms with Gasteiger partial charge in [0.1, 0.15) is 19.0 Å². The smallest absolute Gasteiger partial charge is 0.162 e. The third-order valence-corrected chi connectivity index (χ3v) is 3.90. The molecule has 0 spiro atoms. The van der Waals surface area contributed by atoms with Crippen molar-refractivity contribution in [2.45, 2.75) is 13.1 Å². The summed E-state index contributed by atoms with van der Waals surface area (Å²) in [5, 5.41) is 0. The first-order valence-corrected chi connectivity index (χ1v) is 7.30. The van der Waals surface area contributed by atoms with E-state index in [1.807, 2.05) is 24.3 Å². The number of hydrogen-bond acceptors (Lipinski definition) is 4. The molecule has 0 atom stereocenters. The lowest BCUT2D eigenvalue weighted by atomic mass is 10.2. The Balaban J connectivity index is 1.73. The van der Waals surface area contributed by atoms with E-state index in [4.69, 9.17) is 13.9 Å². The van der Waals surface area contributed by atoms with E-state index >= 15 is 0 Å². The Morgan fingerprint density at radius 2 is 1.90 bits per heavy atom. The maximum Gasteiger partial charge on any atom is 0.162 e. The minimum Gasteiger partial charge on any atom is -0.486 e. The second-order valence-electron chi connectivity index (χ2n) is 4.84. The van der Waals surface area contributed by atoms with Crippen molar-refractivity contribution < 1.29 is 13.9 Å². The molecule has 1 aliphatic heterocycles. The van der Waals surface area contributed by atoms with Crippen molar-refractivity contribution in [3.8, 4) is 11.5 Å². The summed E-state index contributed by atoms with van der Waals surface area (Å²) in [7, 11) is 2.06. The van der Waals surface area contributed by atoms with Gasteiger partial charge in [-0.05, 0) is 36.9 Å². The molecule has 0 saturated carbocycles. The Hall–Kier alpha value is -1.46. The summed E-state index contributed by atoms with van der Waals surface area (Å²) in [5.74, 6) is 2.59. The number of hydrogen-bond donors (Lipinski definition) is 0. The zero-order valence-corrected chi connectivity index (χ0v) is 12.9. The Bertz CT molecular complexity index is 583. The van der Waals surface area contributed by atoms with Crippen molar-refractivity contribution in [3.05, 3.63) is 46.3 Å². The first-order chi connectivity index (χ1) is 9.72. The second kappa shape index (κ2) is 5.89. The molecule has 0 unspecified atom stereocenters. The molecule has 2 heterocycles. The summed E-state index contributed by atoms with van der Waals surface area (Å²) >= 11 is 3.60. The number of ether oxygens (including phenoxy) is 2. The average Bonchev–Trinajstić information content (AvgIpc) is 2.92. The molecule has 0 radical (unpaired) electrons. The molecule has 4 nitrogen and oxygen atoms in total. The van der Waals surface area contributed by atoms with E-state index in [1.165, 1.54) is 5.56 Å². The van der Waals surface area contributed by atoms with Crippen LogP contribution in [0.15, 0.2) is 39.4 Å². The molecule has 0 saturated heterocycles. The van der Waals surface area contributed by atoms with Gasteiger partial charge >= 0.3 is 0 Å². The van der Waals surface area contributed by atoms with E-state index in [2.05, 4.69) is 27.9 Å². The Morgan fingerprint density at radius 1 is 1.15 bits per heavy atom. The van der Waals surface area contributed by atoms with E-state index in [1.54, 1.807) is 6.26 Å². The number of fused-ring (bicyclic) bond motifs is 1. The molecule has 1 aromatic heterocycles. The van der Waals surface area contributed by atoms with Gasteiger partial charge in [-0.3, -0.25) is 4.90 Å². The molecule has 106 valence electrons. The monoisotopic (exact) mass is 337 g/mol. The van der Waals surface area contributed by atoms with E-state index in [0.717, 1.165) is 34.8 Å². The van der Waals surface area contributed by atoms with Crippen LogP contribution in [-0.2, 0) is 13.1 Å². The maximum atomic E-state index is 5.62. The summed E-state index contributed by atoms with van der Waals surface area (Å²) < 4.78 is 17.6. The zero-order valence-electron chi connectivity index (χ0n) is 11.3. The molecule has 1 aromatic carbocycles. The lowest BCUT2D eigenvalue weighted by Gasteiger charge is -2.22. The molecule has 1 aliphatic rings. The standard InChI is InChI=1S/C15H16BrNO3/c1-17(10-12-3-2-4-18-12)9-11-7-14-15(8-13(11)16)20-6-5-19-14/h2-4,7-8H,5-6,9-10H2,1H3. The highest BCUT2D eigenvalue weighted by atomic mass is 79.9. The molecule has 2 aromatic rings. The van der Waals surface area contributed by atoms with Gasteiger partial charge in [-0.2, -0.15) is 0 Å². The van der Waals surface area contributed by atoms with Crippen molar-refractivity contribution in [2.24, 2.45) is 0 Å². The number of rotatable bonds is 4. The topological polar surface area (TPSA) is 34.8 Å². The molecule has 3 rings (SSSR count). The minimum atomic E-state index is 0.607. The fraction of sp³-hybridized carbons (Fsp3) is 0.333. The van der Waals surface area contributed by atoms with Crippen molar-refractivity contribution in [2.75, 3.05) is 20.3 Å². The molecule has 5 heteroatoms. The van der Waals surface area contributed by atoms with Crippen LogP contribution in [0.3, 0.4) is 0 Å². The van der Waals surface area contributed by atoms with Gasteiger partial charge in [0.05, 0.1) is 12.8 Å². The van der Waals surface area contributed by atoms with Crippen molar-refractivity contribution >= 4 is 15.9 Å². The summed E-state index contributed by atoms with van der Waals surface area (Å²) in [6, 6.07) is 7.90. The van der Waals surface area contributed by atoms with Crippen LogP contribution in [0.5, 0.6) is 11.5 Å². The number of nitrogens with zero attached hydrogens (tertiary/aromatic N) is 1. The summed E-state index contributed by atoms with van der Waals surface area (Å²) in [6.45, 7) is 2.79. The van der Waals surface area contributed by atoms with Crippen LogP contribution in [0.2, 0.25) is 0 Å². The first kappa shape index (κ1) is 13.5. The molecule has 20 heavy (non-hydrogen) atoms. The summed E-state index contributed by atoms with van der Waals surface area (Å²) in [4.78, 5) is 2.19. The Morgan fingerprint density at radius 3 is 2.60 bits per heavy atom. The zero-order chi connectivity index (χ0) is 13.9. The van der Waals surface area contributed by atoms with Gasteiger partial charge in [0, 0.05) is 11.0 Å². The van der Waals surface area contributed by atoms with Crippen LogP contribution in [-0.4, -0.2) is 25.2 Å². The maximum absolute atomic E-state index is 5.62. The highest BCUT2D eigenvalue weighted by Gasteiger charge is 2.16. The van der Waals surface area contributed by atoms with Crippen LogP contribution in [0.4, 0.5) is 0 Å². The SMILES string of the molecule is CN(Cc1ccco1)Cc1cc2c(cc1Br)OCCO2. The average molecular weight is 338 g/mol. The normalized spacial score (nSPS) is 13.8. The quantitative estimate of drug-likeness (QED) is 0.855. The minimum absolute atomic E-state index is 0.607. The molecule has 0 bridgehead atoms. The number of halogens is 1. The third-order valence-electron chi connectivity index (χ3n) is 3.16. The lowest BCUT2D eigenvalue weighted by Crippen LogP contribution is -2.19. The van der Waals surface area contributed by atoms with Gasteiger partial charge in [-0.25, -0.2) is 0 Å². The molecular formula is C15H16BrNO3. The van der Waals surface area contributed by atoms with Gasteiger partial charge in [-0.15, -0.1) is 0 Å². The van der Waals surface area contributed by atoms with Crippen molar-refractivity contribution in [3.63, 3.8) is 0 Å². The fourth-order valence-corrected chi connectivity index (χ4v) is 2.69. The molecular weight excluding hydrogens is 322 g/mol. The van der Waals surface area contributed by atoms with E-state index in [0.29, 0.717) is 13.2 Å². The van der Waals surface area contributed by atoms with Crippen LogP contribution in [0.1, 0.15) is 11.3 Å². The van der Waals surface area contributed by atoms with Gasteiger partial charge in [0.15, 0.2) is 11.5 Å². The van der Waals surface area contributed by atoms with E-state index in [-0.39, 0.29) is 0 Å². The lowest BCUT2D eigenvalue weighted by molar-refractivity contribution is 0.171. The number of benzene rings is 1. The molecule has 0 N–H and O–H groups in total. The predicted octanol–water partition coefficient (Wildman–Crippen LogP) is 3.45. The molecule has 0 fully saturated rings. The number of furan rings is 1. The van der Waals surface area contributed by atoms with Crippen molar-refractivity contribution in [1.82, 2.24) is 4.90 Å². The highest BCUT2D eigenvalue weighted by molar-refractivity contribution is 9.10. The van der Waals surface area contributed by atoms with Crippen LogP contribution >= 0.6 is 15.9 Å². The molecule has 0 amide bonds. The third kappa shape index (κ3) is 2.99. The van der Waals surface area contributed by atoms with Crippen molar-refractivity contribution in [1.29, 1.82) is 0 Å². The highest BCUT2D eigenvalue weighted by Crippen LogP contribution is 2.36. The fourth-order valence-electron chi connectivity index (χ4n) is 2.24. The summed E-state index contributed by atoms with van der Waals surface area (Å²) in [5.41, 5.74) is 1.17. The first-order valence-electron chi connectivity index (χ1n) is 6.51. The van der Waals surface area contributed by atoms with Crippen LogP contribution in [0, 0.1) is 0 Å². The van der Waals surface area contributed by atoms with Gasteiger partial charge < -0.3 is 13.9 Å². The van der Waals surface area contributed by atoms with Gasteiger partial charge in [0.2, 0.25) is 0 Å². The largest absolute Gasteiger partial charge is 0.486 e. The second-order valence-corrected chi connectivity index (χ2v) is 5.69. The van der Waals surface area contributed by atoms with Crippen LogP contribution < -0.4 is 9.47 Å². The van der Waals surface area contributed by atoms with Crippen LogP contribution in [0.25, 0.3) is 0 Å². The van der Waals surface area contributed by atoms with Gasteiger partial charge in [-0.1, -0.05) is 15.9 Å². The Kier molecular flexibility index (Phi) is 3.98. The van der Waals surface area contributed by atoms with E-state index in [9.17, 15) is 0 Å². The summed E-state index contributed by atoms with van der Waals surface area (Å²) in [6.07, 6.45) is 1.70. The van der Waals surface area contributed by atoms with Gasteiger partial charge in [0.25, 0.3) is 0 Å². The Labute approximate surface area is 126 Å². The van der Waals surface area contributed by atoms with E-state index < -0.39 is 0 Å².